The molecule has 8 nitrogen and oxygen atoms in total. The number of carbonyl (C=O) groups excluding carboxylic acids is 2. The van der Waals surface area contributed by atoms with Gasteiger partial charge in [0.1, 0.15) is 39.2 Å². The Bertz CT molecular complexity index is 1360. The van der Waals surface area contributed by atoms with Gasteiger partial charge in [0.15, 0.2) is 6.10 Å². The molecule has 1 aliphatic heterocycles. The van der Waals surface area contributed by atoms with E-state index in [2.05, 4.69) is 0 Å². The highest BCUT2D eigenvalue weighted by Gasteiger charge is 2.45. The number of Topliss-reactive ketones (excluding diaryl/α,β-unsaturated/α-hetero) is 1. The average Bonchev–Trinajstić information content (AvgIpc) is 3.09. The molecule has 0 bridgehead atoms. The molecule has 0 aliphatic carbocycles. The third-order valence-electron chi connectivity index (χ3n) is 5.35. The molecule has 14 radical (unpaired) electrons. The van der Waals surface area contributed by atoms with Crippen LogP contribution < -0.4 is 33.0 Å². The number of esters is 1. The Morgan fingerprint density at radius 3 is 2.00 bits per heavy atom. The second-order valence-electron chi connectivity index (χ2n) is 7.67. The molecule has 0 fully saturated rings. The number of benzene rings is 2. The first-order chi connectivity index (χ1) is 16.7. The molecule has 166 valence electrons. The molecule has 1 heterocycles. The number of hydrogen-bond donors (Lipinski definition) is 1. The summed E-state index contributed by atoms with van der Waals surface area (Å²) in [5.74, 6) is -3.08. The molecule has 0 saturated heterocycles. The fourth-order valence-corrected chi connectivity index (χ4v) is 4.35. The number of ether oxygens (including phenoxy) is 2. The van der Waals surface area contributed by atoms with Gasteiger partial charge in [0.2, 0.25) is 17.4 Å². The van der Waals surface area contributed by atoms with Crippen LogP contribution in [0.15, 0.2) is 35.9 Å². The quantitative estimate of drug-likeness (QED) is 0.235. The molecule has 0 saturated carbocycles. The largest absolute Gasteiger partial charge is 0.462 e. The molecule has 0 aromatic heterocycles. The number of ketones is 1. The Morgan fingerprint density at radius 2 is 1.50 bits per heavy atom. The number of rotatable bonds is 7. The summed E-state index contributed by atoms with van der Waals surface area (Å²) in [5.41, 5.74) is 3.86. The molecule has 16 heteroatoms. The zero-order chi connectivity index (χ0) is 27.2. The van der Waals surface area contributed by atoms with Gasteiger partial charge in [-0.15, -0.1) is 27.3 Å². The summed E-state index contributed by atoms with van der Waals surface area (Å²) in [6.07, 6.45) is -1.38. The topological polar surface area (TPSA) is 122 Å². The Balaban J connectivity index is 1.92. The van der Waals surface area contributed by atoms with E-state index in [0.717, 1.165) is 0 Å². The van der Waals surface area contributed by atoms with Crippen molar-refractivity contribution in [1.29, 1.82) is 0 Å². The second-order valence-corrected chi connectivity index (χ2v) is 9.42. The normalized spacial score (nSPS) is 16.0. The molecule has 1 atom stereocenters. The average molecular weight is 486 g/mol. The van der Waals surface area contributed by atoms with Crippen molar-refractivity contribution in [2.75, 3.05) is 6.61 Å². The minimum absolute atomic E-state index is 0.178. The van der Waals surface area contributed by atoms with Gasteiger partial charge in [-0.2, -0.15) is 8.42 Å². The first kappa shape index (κ1) is 27.7. The summed E-state index contributed by atoms with van der Waals surface area (Å²) >= 11 is 0. The number of carbonyl (C=O) groups is 2. The van der Waals surface area contributed by atoms with Gasteiger partial charge in [0, 0.05) is 5.56 Å². The lowest BCUT2D eigenvalue weighted by Crippen LogP contribution is -2.60. The summed E-state index contributed by atoms with van der Waals surface area (Å²) in [6.45, 7) is 1.83. The predicted molar refractivity (Wildman–Crippen MR) is 139 cm³/mol. The van der Waals surface area contributed by atoms with Crippen LogP contribution in [-0.2, 0) is 33.1 Å². The summed E-state index contributed by atoms with van der Waals surface area (Å²) in [7, 11) is 35.6. The van der Waals surface area contributed by atoms with Crippen LogP contribution in [0.25, 0.3) is 0 Å². The monoisotopic (exact) mass is 487 g/mol. The van der Waals surface area contributed by atoms with Gasteiger partial charge in [-0.3, -0.25) is 4.79 Å². The smallest absolute Gasteiger partial charge is 0.338 e. The van der Waals surface area contributed by atoms with Gasteiger partial charge >= 0.3 is 16.1 Å². The van der Waals surface area contributed by atoms with E-state index in [1.54, 1.807) is 6.92 Å². The maximum Gasteiger partial charge on any atom is 0.338 e. The van der Waals surface area contributed by atoms with Crippen LogP contribution in [0.3, 0.4) is 0 Å². The maximum absolute atomic E-state index is 13.1. The third-order valence-corrected chi connectivity index (χ3v) is 6.77. The van der Waals surface area contributed by atoms with Crippen molar-refractivity contribution in [1.82, 2.24) is 0 Å². The molecule has 1 aliphatic rings. The number of hydrogen-bond acceptors (Lipinski definition) is 8. The van der Waals surface area contributed by atoms with E-state index < -0.39 is 60.7 Å². The van der Waals surface area contributed by atoms with Crippen molar-refractivity contribution in [3.05, 3.63) is 52.6 Å². The van der Waals surface area contributed by atoms with Crippen molar-refractivity contribution in [2.24, 2.45) is 5.73 Å². The third kappa shape index (κ3) is 4.63. The van der Waals surface area contributed by atoms with Crippen LogP contribution >= 0.6 is 0 Å². The van der Waals surface area contributed by atoms with Crippen molar-refractivity contribution < 1.29 is 31.7 Å². The standard InChI is InChI=1S/C20H12B7NO7S/c1-2-33-19(30)8-5-3-7(4-6-8)16-15(29)17(18(28)34-16)35-36(31,32)20(26,27)9-10(21)12(23)14(25)13(24)11(9)22/h3-6,16H,2,28H2,1H3. The minimum Gasteiger partial charge on any atom is -0.462 e. The van der Waals surface area contributed by atoms with Crippen molar-refractivity contribution in [3.63, 3.8) is 0 Å². The first-order valence-corrected chi connectivity index (χ1v) is 11.6. The SMILES string of the molecule is [B]c1c([B])c([B])c(C([B])([B])S(=O)(=O)OC2=C(N)OC(c3ccc(C(=O)OCC)cc3)C2=O)c([B])c1[B]. The lowest BCUT2D eigenvalue weighted by atomic mass is 9.53. The van der Waals surface area contributed by atoms with Gasteiger partial charge in [-0.25, -0.2) is 4.79 Å². The van der Waals surface area contributed by atoms with E-state index in [1.165, 1.54) is 24.3 Å². The molecule has 1 unspecified atom stereocenters. The van der Waals surface area contributed by atoms with E-state index in [-0.39, 0.29) is 34.1 Å². The van der Waals surface area contributed by atoms with Gasteiger partial charge in [-0.1, -0.05) is 17.7 Å². The van der Waals surface area contributed by atoms with Gasteiger partial charge in [0.05, 0.1) is 32.4 Å². The zero-order valence-corrected chi connectivity index (χ0v) is 19.8. The van der Waals surface area contributed by atoms with Crippen molar-refractivity contribution >= 4 is 104 Å². The Labute approximate surface area is 218 Å². The molecular formula is C20H12B7NO7S. The minimum atomic E-state index is -5.14. The van der Waals surface area contributed by atoms with Crippen molar-refractivity contribution in [3.8, 4) is 0 Å². The van der Waals surface area contributed by atoms with Crippen LogP contribution in [-0.4, -0.2) is 81.7 Å². The second kappa shape index (κ2) is 9.88. The zero-order valence-electron chi connectivity index (χ0n) is 19.0. The molecule has 0 spiro atoms. The predicted octanol–water partition coefficient (Wildman–Crippen LogP) is -4.91. The molecule has 0 amide bonds. The first-order valence-electron chi connectivity index (χ1n) is 10.2. The fourth-order valence-electron chi connectivity index (χ4n) is 3.36. The summed E-state index contributed by atoms with van der Waals surface area (Å²) in [5, 5.41) is 0. The summed E-state index contributed by atoms with van der Waals surface area (Å²) in [6, 6.07) is 5.58. The van der Waals surface area contributed by atoms with Crippen LogP contribution in [0.4, 0.5) is 0 Å². The van der Waals surface area contributed by atoms with Crippen LogP contribution in [0.2, 0.25) is 0 Å². The Morgan fingerprint density at radius 1 is 1.00 bits per heavy atom. The molecule has 2 aromatic rings. The van der Waals surface area contributed by atoms with E-state index in [1.807, 2.05) is 0 Å². The molecular weight excluding hydrogens is 474 g/mol. The fraction of sp³-hybridized carbons (Fsp3) is 0.200. The highest BCUT2D eigenvalue weighted by atomic mass is 32.2. The lowest BCUT2D eigenvalue weighted by molar-refractivity contribution is -0.123. The van der Waals surface area contributed by atoms with Gasteiger partial charge < -0.3 is 19.4 Å². The van der Waals surface area contributed by atoms with Gasteiger partial charge in [0.25, 0.3) is 0 Å². The Kier molecular flexibility index (Phi) is 7.60. The van der Waals surface area contributed by atoms with Crippen LogP contribution in [0.5, 0.6) is 0 Å². The molecule has 2 N–H and O–H groups in total. The lowest BCUT2D eigenvalue weighted by Gasteiger charge is -2.33. The molecule has 3 rings (SSSR count). The highest BCUT2D eigenvalue weighted by Crippen LogP contribution is 2.34. The van der Waals surface area contributed by atoms with E-state index in [4.69, 9.17) is 74.3 Å². The molecule has 36 heavy (non-hydrogen) atoms. The van der Waals surface area contributed by atoms with E-state index >= 15 is 0 Å². The molecule has 2 aromatic carbocycles. The van der Waals surface area contributed by atoms with Crippen LogP contribution in [0.1, 0.15) is 34.5 Å². The van der Waals surface area contributed by atoms with Crippen LogP contribution in [0, 0.1) is 0 Å². The van der Waals surface area contributed by atoms with E-state index in [0.29, 0.717) is 0 Å². The number of nitrogens with two attached hydrogens (primary N) is 1. The van der Waals surface area contributed by atoms with E-state index in [9.17, 15) is 18.0 Å². The Hall–Kier alpha value is -2.88. The maximum atomic E-state index is 13.1. The highest BCUT2D eigenvalue weighted by molar-refractivity contribution is 7.90. The van der Waals surface area contributed by atoms with Crippen molar-refractivity contribution in [2.45, 2.75) is 17.6 Å². The van der Waals surface area contributed by atoms with Gasteiger partial charge in [-0.05, 0) is 19.1 Å². The summed E-state index contributed by atoms with van der Waals surface area (Å²) < 4.78 is 38.3. The summed E-state index contributed by atoms with van der Waals surface area (Å²) in [4.78, 5) is 24.8.